The van der Waals surface area contributed by atoms with Crippen molar-refractivity contribution in [1.82, 2.24) is 0 Å². The molecule has 1 rings (SSSR count). The number of carbonyl (C=O) groups excluding carboxylic acids is 1. The summed E-state index contributed by atoms with van der Waals surface area (Å²) >= 11 is 2.17. The number of benzene rings is 1. The van der Waals surface area contributed by atoms with Crippen LogP contribution in [0.3, 0.4) is 0 Å². The van der Waals surface area contributed by atoms with Gasteiger partial charge >= 0.3 is 0 Å². The molecule has 0 unspecified atom stereocenters. The zero-order chi connectivity index (χ0) is 10.8. The molecule has 1 aromatic rings. The fourth-order valence-corrected chi connectivity index (χ4v) is 1.37. The highest BCUT2D eigenvalue weighted by molar-refractivity contribution is 14.1. The smallest absolute Gasteiger partial charge is 0.243 e. The Labute approximate surface area is 97.2 Å². The molecule has 3 nitrogen and oxygen atoms in total. The maximum absolute atomic E-state index is 11.5. The van der Waals surface area contributed by atoms with E-state index in [4.69, 9.17) is 5.73 Å². The van der Waals surface area contributed by atoms with Gasteiger partial charge < -0.3 is 11.1 Å². The third kappa shape index (κ3) is 2.95. The van der Waals surface area contributed by atoms with Gasteiger partial charge in [-0.25, -0.2) is 0 Å². The summed E-state index contributed by atoms with van der Waals surface area (Å²) in [5.41, 5.74) is 5.62. The Bertz CT molecular complexity index is 344. The standard InChI is InChI=1S/C10H13IN2O/c1-10(2,12)9(14)13-8-6-4-3-5-7(8)11/h3-6H,12H2,1-2H3,(H,13,14). The minimum atomic E-state index is -0.848. The number of halogens is 1. The number of carbonyl (C=O) groups is 1. The van der Waals surface area contributed by atoms with Crippen molar-refractivity contribution in [3.63, 3.8) is 0 Å². The van der Waals surface area contributed by atoms with Gasteiger partial charge in [-0.1, -0.05) is 12.1 Å². The molecule has 0 aromatic heterocycles. The molecule has 14 heavy (non-hydrogen) atoms. The molecule has 76 valence electrons. The van der Waals surface area contributed by atoms with Crippen molar-refractivity contribution < 1.29 is 4.79 Å². The predicted octanol–water partition coefficient (Wildman–Crippen LogP) is 1.97. The Hall–Kier alpha value is -0.620. The minimum absolute atomic E-state index is 0.179. The monoisotopic (exact) mass is 304 g/mol. The number of nitrogens with one attached hydrogen (secondary N) is 1. The fraction of sp³-hybridized carbons (Fsp3) is 0.300. The molecule has 0 aliphatic heterocycles. The van der Waals surface area contributed by atoms with E-state index >= 15 is 0 Å². The normalized spacial score (nSPS) is 11.1. The molecule has 0 bridgehead atoms. The lowest BCUT2D eigenvalue weighted by molar-refractivity contribution is -0.120. The number of hydrogen-bond donors (Lipinski definition) is 2. The van der Waals surface area contributed by atoms with Crippen LogP contribution in [0.25, 0.3) is 0 Å². The molecule has 0 aliphatic carbocycles. The lowest BCUT2D eigenvalue weighted by Gasteiger charge is -2.18. The van der Waals surface area contributed by atoms with Crippen molar-refractivity contribution in [2.75, 3.05) is 5.32 Å². The first-order valence-corrected chi connectivity index (χ1v) is 5.34. The fourth-order valence-electron chi connectivity index (χ4n) is 0.846. The van der Waals surface area contributed by atoms with Crippen molar-refractivity contribution in [2.45, 2.75) is 19.4 Å². The van der Waals surface area contributed by atoms with Crippen molar-refractivity contribution in [1.29, 1.82) is 0 Å². The van der Waals surface area contributed by atoms with Gasteiger partial charge in [-0.2, -0.15) is 0 Å². The Balaban J connectivity index is 2.80. The summed E-state index contributed by atoms with van der Waals surface area (Å²) in [4.78, 5) is 11.5. The zero-order valence-corrected chi connectivity index (χ0v) is 10.3. The zero-order valence-electron chi connectivity index (χ0n) is 8.17. The first-order chi connectivity index (χ1) is 6.41. The minimum Gasteiger partial charge on any atom is -0.324 e. The second-order valence-corrected chi connectivity index (χ2v) is 4.82. The van der Waals surface area contributed by atoms with Crippen LogP contribution in [0.2, 0.25) is 0 Å². The molecule has 1 aromatic carbocycles. The molecule has 0 spiro atoms. The van der Waals surface area contributed by atoms with E-state index in [9.17, 15) is 4.79 Å². The van der Waals surface area contributed by atoms with Crippen molar-refractivity contribution in [3.05, 3.63) is 27.8 Å². The van der Waals surface area contributed by atoms with E-state index in [2.05, 4.69) is 27.9 Å². The van der Waals surface area contributed by atoms with E-state index in [0.29, 0.717) is 0 Å². The van der Waals surface area contributed by atoms with Gasteiger partial charge in [0.05, 0.1) is 11.2 Å². The van der Waals surface area contributed by atoms with Gasteiger partial charge in [-0.3, -0.25) is 4.79 Å². The van der Waals surface area contributed by atoms with Crippen LogP contribution >= 0.6 is 22.6 Å². The summed E-state index contributed by atoms with van der Waals surface area (Å²) < 4.78 is 1.00. The maximum atomic E-state index is 11.5. The van der Waals surface area contributed by atoms with E-state index < -0.39 is 5.54 Å². The van der Waals surface area contributed by atoms with Crippen molar-refractivity contribution >= 4 is 34.2 Å². The molecule has 0 fully saturated rings. The molecular weight excluding hydrogens is 291 g/mol. The van der Waals surface area contributed by atoms with Gasteiger partial charge in [0.25, 0.3) is 0 Å². The summed E-state index contributed by atoms with van der Waals surface area (Å²) in [6.45, 7) is 3.36. The Morgan fingerprint density at radius 2 is 2.00 bits per heavy atom. The van der Waals surface area contributed by atoms with Crippen LogP contribution < -0.4 is 11.1 Å². The number of anilines is 1. The molecule has 1 amide bonds. The van der Waals surface area contributed by atoms with Gasteiger partial charge in [0.1, 0.15) is 0 Å². The van der Waals surface area contributed by atoms with Gasteiger partial charge in [0, 0.05) is 3.57 Å². The predicted molar refractivity (Wildman–Crippen MR) is 66.1 cm³/mol. The number of rotatable bonds is 2. The third-order valence-corrected chi connectivity index (χ3v) is 2.65. The highest BCUT2D eigenvalue weighted by Crippen LogP contribution is 2.17. The number of nitrogens with two attached hydrogens (primary N) is 1. The summed E-state index contributed by atoms with van der Waals surface area (Å²) in [6, 6.07) is 7.58. The number of hydrogen-bond acceptors (Lipinski definition) is 2. The highest BCUT2D eigenvalue weighted by Gasteiger charge is 2.22. The molecule has 4 heteroatoms. The van der Waals surface area contributed by atoms with Gasteiger partial charge in [0.15, 0.2) is 0 Å². The van der Waals surface area contributed by atoms with Crippen LogP contribution in [-0.4, -0.2) is 11.4 Å². The average Bonchev–Trinajstić information content (AvgIpc) is 2.07. The molecule has 0 aliphatic rings. The lowest BCUT2D eigenvalue weighted by Crippen LogP contribution is -2.45. The Kier molecular flexibility index (Phi) is 3.49. The molecular formula is C10H13IN2O. The van der Waals surface area contributed by atoms with E-state index in [-0.39, 0.29) is 5.91 Å². The Morgan fingerprint density at radius 1 is 1.43 bits per heavy atom. The van der Waals surface area contributed by atoms with Gasteiger partial charge in [-0.05, 0) is 48.6 Å². The molecule has 0 saturated carbocycles. The molecule has 0 heterocycles. The second-order valence-electron chi connectivity index (χ2n) is 3.66. The van der Waals surface area contributed by atoms with Crippen LogP contribution in [0.15, 0.2) is 24.3 Å². The summed E-state index contributed by atoms with van der Waals surface area (Å²) in [5.74, 6) is -0.179. The summed E-state index contributed by atoms with van der Waals surface area (Å²) in [6.07, 6.45) is 0. The van der Waals surface area contributed by atoms with Crippen LogP contribution in [0.4, 0.5) is 5.69 Å². The highest BCUT2D eigenvalue weighted by atomic mass is 127. The lowest BCUT2D eigenvalue weighted by atomic mass is 10.1. The van der Waals surface area contributed by atoms with Crippen molar-refractivity contribution in [3.8, 4) is 0 Å². The molecule has 0 atom stereocenters. The van der Waals surface area contributed by atoms with Gasteiger partial charge in [0.2, 0.25) is 5.91 Å². The number of para-hydroxylation sites is 1. The first-order valence-electron chi connectivity index (χ1n) is 4.26. The van der Waals surface area contributed by atoms with E-state index in [1.807, 2.05) is 24.3 Å². The van der Waals surface area contributed by atoms with Crippen molar-refractivity contribution in [2.24, 2.45) is 5.73 Å². The average molecular weight is 304 g/mol. The molecule has 0 radical (unpaired) electrons. The maximum Gasteiger partial charge on any atom is 0.243 e. The third-order valence-electron chi connectivity index (χ3n) is 1.71. The van der Waals surface area contributed by atoms with E-state index in [0.717, 1.165) is 9.26 Å². The van der Waals surface area contributed by atoms with E-state index in [1.165, 1.54) is 0 Å². The van der Waals surface area contributed by atoms with Gasteiger partial charge in [-0.15, -0.1) is 0 Å². The Morgan fingerprint density at radius 3 is 2.50 bits per heavy atom. The molecule has 0 saturated heterocycles. The number of amides is 1. The van der Waals surface area contributed by atoms with Crippen LogP contribution in [0.1, 0.15) is 13.8 Å². The van der Waals surface area contributed by atoms with Crippen LogP contribution in [0.5, 0.6) is 0 Å². The van der Waals surface area contributed by atoms with E-state index in [1.54, 1.807) is 13.8 Å². The largest absolute Gasteiger partial charge is 0.324 e. The second kappa shape index (κ2) is 4.27. The SMILES string of the molecule is CC(C)(N)C(=O)Nc1ccccc1I. The van der Waals surface area contributed by atoms with Crippen LogP contribution in [0, 0.1) is 3.57 Å². The van der Waals surface area contributed by atoms with Crippen LogP contribution in [-0.2, 0) is 4.79 Å². The quantitative estimate of drug-likeness (QED) is 0.821. The first kappa shape index (κ1) is 11.5. The summed E-state index contributed by atoms with van der Waals surface area (Å²) in [7, 11) is 0. The topological polar surface area (TPSA) is 55.1 Å². The summed E-state index contributed by atoms with van der Waals surface area (Å²) in [5, 5.41) is 2.78. The molecule has 3 N–H and O–H groups in total.